The topological polar surface area (TPSA) is 35.6 Å². The van der Waals surface area contributed by atoms with Crippen molar-refractivity contribution < 1.29 is 4.79 Å². The lowest BCUT2D eigenvalue weighted by molar-refractivity contribution is -0.135. The molecule has 1 amide bonds. The third-order valence-corrected chi connectivity index (χ3v) is 2.28. The predicted octanol–water partition coefficient (Wildman–Crippen LogP) is -0.466. The minimum absolute atomic E-state index is 0.0568. The van der Waals surface area contributed by atoms with E-state index >= 15 is 0 Å². The van der Waals surface area contributed by atoms with E-state index in [0.717, 1.165) is 19.6 Å². The first-order valence-corrected chi connectivity index (χ1v) is 4.93. The van der Waals surface area contributed by atoms with E-state index in [0.29, 0.717) is 6.54 Å². The van der Waals surface area contributed by atoms with Gasteiger partial charge in [0.1, 0.15) is 0 Å². The number of carbonyl (C=O) groups is 1. The molecule has 0 aromatic rings. The van der Waals surface area contributed by atoms with Crippen LogP contribution in [0.25, 0.3) is 0 Å². The Kier molecular flexibility index (Phi) is 4.10. The number of carbonyl (C=O) groups excluding carboxylic acids is 1. The van der Waals surface area contributed by atoms with Crippen LogP contribution in [0.5, 0.6) is 0 Å². The van der Waals surface area contributed by atoms with Gasteiger partial charge in [-0.3, -0.25) is 4.79 Å². The first-order valence-electron chi connectivity index (χ1n) is 4.93. The Labute approximate surface area is 85.6 Å². The van der Waals surface area contributed by atoms with Crippen LogP contribution in [0.3, 0.4) is 0 Å². The van der Waals surface area contributed by atoms with Gasteiger partial charge in [-0.15, -0.1) is 6.58 Å². The van der Waals surface area contributed by atoms with Crippen LogP contribution in [0.1, 0.15) is 0 Å². The molecule has 0 aromatic heterocycles. The summed E-state index contributed by atoms with van der Waals surface area (Å²) in [6, 6.07) is -0.0568. The highest BCUT2D eigenvalue weighted by Crippen LogP contribution is 2.02. The standard InChI is InChI=1S/C10H19N3O/c1-4-6-13-7-5-11-9(10(13)14)8-12(2)3/h4,9,11H,1,5-8H2,2-3H3. The van der Waals surface area contributed by atoms with Crippen LogP contribution in [0.15, 0.2) is 12.7 Å². The zero-order chi connectivity index (χ0) is 10.6. The molecule has 0 spiro atoms. The number of hydrogen-bond acceptors (Lipinski definition) is 3. The number of nitrogens with one attached hydrogen (secondary N) is 1. The molecule has 4 heteroatoms. The lowest BCUT2D eigenvalue weighted by atomic mass is 10.2. The molecule has 0 aromatic carbocycles. The molecule has 0 aliphatic carbocycles. The summed E-state index contributed by atoms with van der Waals surface area (Å²) in [5, 5.41) is 3.22. The van der Waals surface area contributed by atoms with Crippen LogP contribution in [-0.4, -0.2) is 62.0 Å². The zero-order valence-corrected chi connectivity index (χ0v) is 8.99. The van der Waals surface area contributed by atoms with Gasteiger partial charge in [0.2, 0.25) is 5.91 Å². The van der Waals surface area contributed by atoms with Gasteiger partial charge in [-0.25, -0.2) is 0 Å². The van der Waals surface area contributed by atoms with E-state index in [1.165, 1.54) is 0 Å². The Morgan fingerprint density at radius 3 is 3.00 bits per heavy atom. The lowest BCUT2D eigenvalue weighted by Gasteiger charge is -2.33. The summed E-state index contributed by atoms with van der Waals surface area (Å²) in [5.41, 5.74) is 0. The molecule has 4 nitrogen and oxygen atoms in total. The van der Waals surface area contributed by atoms with Gasteiger partial charge in [0, 0.05) is 26.2 Å². The van der Waals surface area contributed by atoms with Crippen molar-refractivity contribution in [2.45, 2.75) is 6.04 Å². The Bertz CT molecular complexity index is 215. The lowest BCUT2D eigenvalue weighted by Crippen LogP contribution is -2.58. The van der Waals surface area contributed by atoms with Gasteiger partial charge < -0.3 is 15.1 Å². The van der Waals surface area contributed by atoms with Gasteiger partial charge in [0.05, 0.1) is 6.04 Å². The van der Waals surface area contributed by atoms with Crippen LogP contribution in [0.2, 0.25) is 0 Å². The van der Waals surface area contributed by atoms with Crippen molar-refractivity contribution >= 4 is 5.91 Å². The average Bonchev–Trinajstić information content (AvgIpc) is 2.11. The number of piperazine rings is 1. The van der Waals surface area contributed by atoms with Crippen molar-refractivity contribution in [2.75, 3.05) is 40.3 Å². The maximum atomic E-state index is 11.8. The number of rotatable bonds is 4. The highest BCUT2D eigenvalue weighted by atomic mass is 16.2. The Balaban J connectivity index is 2.52. The molecule has 1 aliphatic rings. The number of nitrogens with zero attached hydrogens (tertiary/aromatic N) is 2. The van der Waals surface area contributed by atoms with Crippen LogP contribution in [0.4, 0.5) is 0 Å². The summed E-state index contributed by atoms with van der Waals surface area (Å²) in [6.45, 7) is 6.72. The van der Waals surface area contributed by atoms with Gasteiger partial charge in [-0.05, 0) is 14.1 Å². The second-order valence-electron chi connectivity index (χ2n) is 3.84. The highest BCUT2D eigenvalue weighted by molar-refractivity contribution is 5.83. The molecule has 0 saturated carbocycles. The number of hydrogen-bond donors (Lipinski definition) is 1. The molecular weight excluding hydrogens is 178 g/mol. The van der Waals surface area contributed by atoms with E-state index in [1.54, 1.807) is 6.08 Å². The van der Waals surface area contributed by atoms with Gasteiger partial charge in [0.25, 0.3) is 0 Å². The summed E-state index contributed by atoms with van der Waals surface area (Å²) in [4.78, 5) is 15.7. The third-order valence-electron chi connectivity index (χ3n) is 2.28. The van der Waals surface area contributed by atoms with E-state index < -0.39 is 0 Å². The first kappa shape index (κ1) is 11.2. The fraction of sp³-hybridized carbons (Fsp3) is 0.700. The van der Waals surface area contributed by atoms with Crippen molar-refractivity contribution in [1.29, 1.82) is 0 Å². The summed E-state index contributed by atoms with van der Waals surface area (Å²) >= 11 is 0. The van der Waals surface area contributed by atoms with Crippen LogP contribution in [0, 0.1) is 0 Å². The normalized spacial score (nSPS) is 22.9. The maximum absolute atomic E-state index is 11.8. The molecular formula is C10H19N3O. The second kappa shape index (κ2) is 5.12. The van der Waals surface area contributed by atoms with E-state index in [4.69, 9.17) is 0 Å². The van der Waals surface area contributed by atoms with Crippen molar-refractivity contribution in [1.82, 2.24) is 15.1 Å². The quantitative estimate of drug-likeness (QED) is 0.619. The fourth-order valence-electron chi connectivity index (χ4n) is 1.64. The van der Waals surface area contributed by atoms with Crippen LogP contribution >= 0.6 is 0 Å². The monoisotopic (exact) mass is 197 g/mol. The van der Waals surface area contributed by atoms with Crippen molar-refractivity contribution in [3.05, 3.63) is 12.7 Å². The molecule has 1 rings (SSSR count). The number of amides is 1. The first-order chi connectivity index (χ1) is 6.65. The molecule has 1 heterocycles. The molecule has 1 saturated heterocycles. The minimum atomic E-state index is -0.0568. The fourth-order valence-corrected chi connectivity index (χ4v) is 1.64. The Morgan fingerprint density at radius 1 is 1.71 bits per heavy atom. The van der Waals surface area contributed by atoms with Gasteiger partial charge >= 0.3 is 0 Å². The smallest absolute Gasteiger partial charge is 0.241 e. The van der Waals surface area contributed by atoms with E-state index in [1.807, 2.05) is 23.9 Å². The molecule has 1 N–H and O–H groups in total. The third kappa shape index (κ3) is 2.82. The van der Waals surface area contributed by atoms with E-state index in [2.05, 4.69) is 11.9 Å². The molecule has 80 valence electrons. The summed E-state index contributed by atoms with van der Waals surface area (Å²) in [5.74, 6) is 0.185. The van der Waals surface area contributed by atoms with Gasteiger partial charge in [-0.1, -0.05) is 6.08 Å². The van der Waals surface area contributed by atoms with Crippen molar-refractivity contribution in [3.63, 3.8) is 0 Å². The number of likely N-dealkylation sites (N-methyl/N-ethyl adjacent to an activating group) is 1. The Morgan fingerprint density at radius 2 is 2.43 bits per heavy atom. The maximum Gasteiger partial charge on any atom is 0.241 e. The summed E-state index contributed by atoms with van der Waals surface area (Å²) in [7, 11) is 3.95. The van der Waals surface area contributed by atoms with Crippen molar-refractivity contribution in [3.8, 4) is 0 Å². The summed E-state index contributed by atoms with van der Waals surface area (Å²) < 4.78 is 0. The summed E-state index contributed by atoms with van der Waals surface area (Å²) in [6.07, 6.45) is 1.77. The van der Waals surface area contributed by atoms with Gasteiger partial charge in [-0.2, -0.15) is 0 Å². The molecule has 1 aliphatic heterocycles. The highest BCUT2D eigenvalue weighted by Gasteiger charge is 2.27. The largest absolute Gasteiger partial charge is 0.336 e. The molecule has 0 radical (unpaired) electrons. The van der Waals surface area contributed by atoms with Crippen LogP contribution < -0.4 is 5.32 Å². The molecule has 1 fully saturated rings. The molecule has 1 atom stereocenters. The Hall–Kier alpha value is -0.870. The van der Waals surface area contributed by atoms with Gasteiger partial charge in [0.15, 0.2) is 0 Å². The van der Waals surface area contributed by atoms with E-state index in [9.17, 15) is 4.79 Å². The van der Waals surface area contributed by atoms with E-state index in [-0.39, 0.29) is 11.9 Å². The zero-order valence-electron chi connectivity index (χ0n) is 8.99. The van der Waals surface area contributed by atoms with Crippen LogP contribution in [-0.2, 0) is 4.79 Å². The second-order valence-corrected chi connectivity index (χ2v) is 3.84. The average molecular weight is 197 g/mol. The molecule has 1 unspecified atom stereocenters. The SMILES string of the molecule is C=CCN1CCNC(CN(C)C)C1=O. The minimum Gasteiger partial charge on any atom is -0.336 e. The molecule has 0 bridgehead atoms. The molecule has 14 heavy (non-hydrogen) atoms. The predicted molar refractivity (Wildman–Crippen MR) is 57.1 cm³/mol. The van der Waals surface area contributed by atoms with Crippen molar-refractivity contribution in [2.24, 2.45) is 0 Å².